The molecule has 0 aliphatic rings. The number of hydrogen-bond donors (Lipinski definition) is 0. The van der Waals surface area contributed by atoms with Gasteiger partial charge in [0.05, 0.1) is 11.1 Å². The highest BCUT2D eigenvalue weighted by Crippen LogP contribution is 2.25. The highest BCUT2D eigenvalue weighted by Gasteiger charge is 2.24. The van der Waals surface area contributed by atoms with Gasteiger partial charge in [0.2, 0.25) is 0 Å². The Morgan fingerprint density at radius 3 is 2.55 bits per heavy atom. The zero-order valence-corrected chi connectivity index (χ0v) is 11.6. The van der Waals surface area contributed by atoms with Crippen LogP contribution in [0.2, 0.25) is 0 Å². The van der Waals surface area contributed by atoms with Crippen LogP contribution in [0, 0.1) is 12.3 Å². The van der Waals surface area contributed by atoms with Crippen molar-refractivity contribution in [1.82, 2.24) is 4.57 Å². The third-order valence-corrected chi connectivity index (χ3v) is 2.74. The molecule has 0 amide bonds. The number of aromatic nitrogens is 1. The summed E-state index contributed by atoms with van der Waals surface area (Å²) in [6.45, 7) is 5.29. The van der Waals surface area contributed by atoms with Gasteiger partial charge in [0.1, 0.15) is 11.3 Å². The average molecular weight is 269 g/mol. The molecule has 0 aliphatic carbocycles. The number of benzene rings is 1. The molecule has 0 N–H and O–H groups in total. The van der Waals surface area contributed by atoms with Crippen molar-refractivity contribution in [1.29, 1.82) is 0 Å². The average Bonchev–Trinajstić information content (AvgIpc) is 2.69. The minimum atomic E-state index is -0.654. The fraction of sp³-hybridized carbons (Fsp3) is 0.250. The quantitative estimate of drug-likeness (QED) is 0.590. The van der Waals surface area contributed by atoms with Crippen molar-refractivity contribution in [3.05, 3.63) is 35.5 Å². The fourth-order valence-electron chi connectivity index (χ4n) is 2.03. The maximum atomic E-state index is 12.3. The zero-order chi connectivity index (χ0) is 14.9. The molecule has 1 heterocycles. The summed E-state index contributed by atoms with van der Waals surface area (Å²) in [6.07, 6.45) is 5.43. The van der Waals surface area contributed by atoms with Crippen LogP contribution in [0.4, 0.5) is 4.79 Å². The van der Waals surface area contributed by atoms with Crippen molar-refractivity contribution in [2.75, 3.05) is 0 Å². The summed E-state index contributed by atoms with van der Waals surface area (Å²) in [5.41, 5.74) is 0.458. The van der Waals surface area contributed by atoms with Crippen LogP contribution in [0.25, 0.3) is 10.9 Å². The summed E-state index contributed by atoms with van der Waals surface area (Å²) in [6, 6.07) is 7.08. The number of carbonyl (C=O) groups excluding carboxylic acids is 2. The molecular formula is C16H15NO3. The first-order valence-corrected chi connectivity index (χ1v) is 6.17. The molecule has 4 heteroatoms. The number of aldehydes is 1. The molecule has 0 unspecified atom stereocenters. The van der Waals surface area contributed by atoms with Crippen molar-refractivity contribution >= 4 is 23.3 Å². The van der Waals surface area contributed by atoms with Crippen molar-refractivity contribution < 1.29 is 14.3 Å². The topological polar surface area (TPSA) is 48.3 Å². The van der Waals surface area contributed by atoms with Gasteiger partial charge in [0.25, 0.3) is 0 Å². The van der Waals surface area contributed by atoms with Crippen LogP contribution in [0.5, 0.6) is 0 Å². The van der Waals surface area contributed by atoms with Gasteiger partial charge in [-0.1, -0.05) is 24.1 Å². The predicted molar refractivity (Wildman–Crippen MR) is 76.9 cm³/mol. The molecule has 20 heavy (non-hydrogen) atoms. The molecule has 0 atom stereocenters. The Kier molecular flexibility index (Phi) is 3.37. The smallest absolute Gasteiger partial charge is 0.419 e. The molecule has 2 rings (SSSR count). The van der Waals surface area contributed by atoms with Crippen molar-refractivity contribution in [2.24, 2.45) is 0 Å². The Morgan fingerprint density at radius 2 is 2.00 bits per heavy atom. The second kappa shape index (κ2) is 4.86. The van der Waals surface area contributed by atoms with Crippen LogP contribution in [0.1, 0.15) is 36.8 Å². The molecule has 0 spiro atoms. The van der Waals surface area contributed by atoms with Gasteiger partial charge in [-0.2, -0.15) is 0 Å². The van der Waals surface area contributed by atoms with Gasteiger partial charge in [0.15, 0.2) is 6.29 Å². The molecule has 0 radical (unpaired) electrons. The molecule has 0 aliphatic heterocycles. The Bertz CT molecular complexity index is 726. The van der Waals surface area contributed by atoms with E-state index in [9.17, 15) is 9.59 Å². The predicted octanol–water partition coefficient (Wildman–Crippen LogP) is 3.22. The molecule has 102 valence electrons. The van der Waals surface area contributed by atoms with Gasteiger partial charge in [-0.25, -0.2) is 9.36 Å². The van der Waals surface area contributed by atoms with Crippen LogP contribution in [-0.4, -0.2) is 22.5 Å². The number of terminal acetylenes is 1. The fourth-order valence-corrected chi connectivity index (χ4v) is 2.03. The van der Waals surface area contributed by atoms with Crippen molar-refractivity contribution in [2.45, 2.75) is 26.4 Å². The monoisotopic (exact) mass is 269 g/mol. The van der Waals surface area contributed by atoms with Gasteiger partial charge in [-0.05, 0) is 26.8 Å². The lowest BCUT2D eigenvalue weighted by atomic mass is 10.1. The van der Waals surface area contributed by atoms with Crippen LogP contribution in [0.15, 0.2) is 24.3 Å². The van der Waals surface area contributed by atoms with E-state index in [2.05, 4.69) is 5.92 Å². The second-order valence-electron chi connectivity index (χ2n) is 5.36. The van der Waals surface area contributed by atoms with E-state index in [1.54, 1.807) is 45.0 Å². The zero-order valence-electron chi connectivity index (χ0n) is 11.6. The number of para-hydroxylation sites is 1. The third-order valence-electron chi connectivity index (χ3n) is 2.74. The summed E-state index contributed by atoms with van der Waals surface area (Å²) < 4.78 is 6.55. The largest absolute Gasteiger partial charge is 0.443 e. The third kappa shape index (κ3) is 2.30. The van der Waals surface area contributed by atoms with Gasteiger partial charge in [-0.3, -0.25) is 4.79 Å². The van der Waals surface area contributed by atoms with Gasteiger partial charge in [0, 0.05) is 5.39 Å². The summed E-state index contributed by atoms with van der Waals surface area (Å²) >= 11 is 0. The lowest BCUT2D eigenvalue weighted by Gasteiger charge is -2.20. The van der Waals surface area contributed by atoms with E-state index in [4.69, 9.17) is 11.2 Å². The van der Waals surface area contributed by atoms with Crippen molar-refractivity contribution in [3.8, 4) is 12.3 Å². The van der Waals surface area contributed by atoms with E-state index in [-0.39, 0.29) is 5.69 Å². The number of ether oxygens (including phenoxy) is 1. The summed E-state index contributed by atoms with van der Waals surface area (Å²) in [5.74, 6) is 2.47. The minimum Gasteiger partial charge on any atom is -0.443 e. The second-order valence-corrected chi connectivity index (χ2v) is 5.36. The van der Waals surface area contributed by atoms with Crippen LogP contribution in [0.3, 0.4) is 0 Å². The standard InChI is InChI=1S/C16H15NO3/c1-5-11-12-8-6-7-9-13(12)17(14(11)10-18)15(19)20-16(2,3)4/h1,6-10H,2-4H3. The SMILES string of the molecule is C#Cc1c(C=O)n(C(=O)OC(C)(C)C)c2ccccc12. The molecular weight excluding hydrogens is 254 g/mol. The lowest BCUT2D eigenvalue weighted by Crippen LogP contribution is -2.28. The Labute approximate surface area is 117 Å². The number of carbonyl (C=O) groups is 2. The molecule has 1 aromatic carbocycles. The molecule has 0 bridgehead atoms. The Morgan fingerprint density at radius 1 is 1.35 bits per heavy atom. The van der Waals surface area contributed by atoms with E-state index in [1.165, 1.54) is 4.57 Å². The molecule has 0 fully saturated rings. The summed E-state index contributed by atoms with van der Waals surface area (Å²) in [7, 11) is 0. The van der Waals surface area contributed by atoms with Crippen LogP contribution >= 0.6 is 0 Å². The highest BCUT2D eigenvalue weighted by atomic mass is 16.6. The van der Waals surface area contributed by atoms with E-state index >= 15 is 0 Å². The number of hydrogen-bond acceptors (Lipinski definition) is 3. The van der Waals surface area contributed by atoms with E-state index in [1.807, 2.05) is 0 Å². The highest BCUT2D eigenvalue weighted by molar-refractivity contribution is 6.02. The maximum Gasteiger partial charge on any atom is 0.419 e. The van der Waals surface area contributed by atoms with E-state index in [0.29, 0.717) is 22.8 Å². The first-order chi connectivity index (χ1) is 9.39. The Balaban J connectivity index is 2.72. The van der Waals surface area contributed by atoms with Gasteiger partial charge < -0.3 is 4.74 Å². The minimum absolute atomic E-state index is 0.142. The van der Waals surface area contributed by atoms with Crippen LogP contribution in [-0.2, 0) is 4.74 Å². The normalized spacial score (nSPS) is 11.1. The first kappa shape index (κ1) is 13.9. The molecule has 2 aromatic rings. The summed E-state index contributed by atoms with van der Waals surface area (Å²) in [5, 5.41) is 0.683. The lowest BCUT2D eigenvalue weighted by molar-refractivity contribution is 0.0538. The van der Waals surface area contributed by atoms with Gasteiger partial charge >= 0.3 is 6.09 Å². The first-order valence-electron chi connectivity index (χ1n) is 6.17. The number of nitrogens with zero attached hydrogens (tertiary/aromatic N) is 1. The number of rotatable bonds is 1. The van der Waals surface area contributed by atoms with Crippen LogP contribution < -0.4 is 0 Å². The van der Waals surface area contributed by atoms with Gasteiger partial charge in [-0.15, -0.1) is 6.42 Å². The van der Waals surface area contributed by atoms with E-state index in [0.717, 1.165) is 0 Å². The summed E-state index contributed by atoms with van der Waals surface area (Å²) in [4.78, 5) is 23.6. The maximum absolute atomic E-state index is 12.3. The number of fused-ring (bicyclic) bond motifs is 1. The molecule has 0 saturated carbocycles. The van der Waals surface area contributed by atoms with E-state index < -0.39 is 11.7 Å². The molecule has 4 nitrogen and oxygen atoms in total. The molecule has 0 saturated heterocycles. The Hall–Kier alpha value is -2.54. The molecule has 1 aromatic heterocycles. The van der Waals surface area contributed by atoms with Crippen molar-refractivity contribution in [3.63, 3.8) is 0 Å².